The first-order valence-corrected chi connectivity index (χ1v) is 6.64. The molecule has 0 heterocycles. The molecule has 0 bridgehead atoms. The Morgan fingerprint density at radius 1 is 1.35 bits per heavy atom. The predicted molar refractivity (Wildman–Crippen MR) is 74.7 cm³/mol. The molecule has 0 fully saturated rings. The van der Waals surface area contributed by atoms with Crippen LogP contribution in [0.1, 0.15) is 32.8 Å². The second-order valence-electron chi connectivity index (χ2n) is 4.48. The van der Waals surface area contributed by atoms with E-state index >= 15 is 0 Å². The van der Waals surface area contributed by atoms with Crippen molar-refractivity contribution in [2.24, 2.45) is 5.92 Å². The number of anilines is 1. The maximum Gasteiger partial charge on any atom is 0.0702 e. The smallest absolute Gasteiger partial charge is 0.0702 e. The highest BCUT2D eigenvalue weighted by Gasteiger charge is 2.12. The van der Waals surface area contributed by atoms with E-state index in [0.29, 0.717) is 10.9 Å². The van der Waals surface area contributed by atoms with E-state index < -0.39 is 0 Å². The number of hydrogen-bond acceptors (Lipinski definition) is 2. The van der Waals surface area contributed by atoms with Gasteiger partial charge in [-0.2, -0.15) is 0 Å². The molecule has 0 spiro atoms. The molecule has 1 atom stereocenters. The third kappa shape index (κ3) is 3.90. The van der Waals surface area contributed by atoms with Gasteiger partial charge in [-0.3, -0.25) is 0 Å². The summed E-state index contributed by atoms with van der Waals surface area (Å²) >= 11 is 5.95. The summed E-state index contributed by atoms with van der Waals surface area (Å²) in [5.74, 6) is 0.650. The minimum Gasteiger partial charge on any atom is -0.392 e. The molecule has 0 saturated heterocycles. The molecule has 1 unspecified atom stereocenters. The summed E-state index contributed by atoms with van der Waals surface area (Å²) in [4.78, 5) is 2.30. The molecule has 96 valence electrons. The van der Waals surface area contributed by atoms with Crippen LogP contribution in [0.15, 0.2) is 18.2 Å². The molecule has 0 aliphatic heterocycles. The van der Waals surface area contributed by atoms with Gasteiger partial charge in [0.05, 0.1) is 6.61 Å². The van der Waals surface area contributed by atoms with Crippen LogP contribution >= 0.6 is 11.6 Å². The fraction of sp³-hybridized carbons (Fsp3) is 0.571. The van der Waals surface area contributed by atoms with Crippen LogP contribution in [-0.4, -0.2) is 18.2 Å². The second-order valence-corrected chi connectivity index (χ2v) is 4.92. The summed E-state index contributed by atoms with van der Waals surface area (Å²) in [6.45, 7) is 8.58. The molecule has 0 amide bonds. The van der Waals surface area contributed by atoms with E-state index in [-0.39, 0.29) is 6.61 Å². The average molecular weight is 256 g/mol. The molecule has 3 heteroatoms. The van der Waals surface area contributed by atoms with Crippen molar-refractivity contribution in [3.05, 3.63) is 28.8 Å². The lowest BCUT2D eigenvalue weighted by Crippen LogP contribution is -2.28. The quantitative estimate of drug-likeness (QED) is 0.838. The molecule has 1 rings (SSSR count). The van der Waals surface area contributed by atoms with Crippen molar-refractivity contribution in [1.82, 2.24) is 0 Å². The Labute approximate surface area is 109 Å². The Hall–Kier alpha value is -0.730. The molecule has 0 aromatic heterocycles. The van der Waals surface area contributed by atoms with Gasteiger partial charge < -0.3 is 10.0 Å². The zero-order valence-electron chi connectivity index (χ0n) is 10.9. The fourth-order valence-corrected chi connectivity index (χ4v) is 2.09. The number of benzene rings is 1. The Morgan fingerprint density at radius 2 is 2.06 bits per heavy atom. The first kappa shape index (κ1) is 14.3. The Kier molecular flexibility index (Phi) is 5.79. The van der Waals surface area contributed by atoms with Gasteiger partial charge in [-0.05, 0) is 31.0 Å². The van der Waals surface area contributed by atoms with Crippen LogP contribution in [0.2, 0.25) is 5.02 Å². The predicted octanol–water partition coefficient (Wildman–Crippen LogP) is 3.70. The molecule has 1 aromatic carbocycles. The summed E-state index contributed by atoms with van der Waals surface area (Å²) < 4.78 is 0. The van der Waals surface area contributed by atoms with E-state index in [1.54, 1.807) is 0 Å². The third-order valence-electron chi connectivity index (χ3n) is 3.16. The summed E-state index contributed by atoms with van der Waals surface area (Å²) in [5.41, 5.74) is 2.00. The van der Waals surface area contributed by atoms with Gasteiger partial charge in [-0.15, -0.1) is 0 Å². The number of nitrogens with zero attached hydrogens (tertiary/aromatic N) is 1. The van der Waals surface area contributed by atoms with Gasteiger partial charge in [0.25, 0.3) is 0 Å². The van der Waals surface area contributed by atoms with Crippen LogP contribution in [-0.2, 0) is 6.61 Å². The number of rotatable bonds is 6. The van der Waals surface area contributed by atoms with Gasteiger partial charge in [0.2, 0.25) is 0 Å². The average Bonchev–Trinajstić information content (AvgIpc) is 2.35. The zero-order valence-corrected chi connectivity index (χ0v) is 11.7. The largest absolute Gasteiger partial charge is 0.392 e. The van der Waals surface area contributed by atoms with Gasteiger partial charge in [-0.1, -0.05) is 31.9 Å². The van der Waals surface area contributed by atoms with Crippen LogP contribution in [0.3, 0.4) is 0 Å². The molecule has 1 N–H and O–H groups in total. The van der Waals surface area contributed by atoms with E-state index in [2.05, 4.69) is 25.7 Å². The van der Waals surface area contributed by atoms with Gasteiger partial charge in [-0.25, -0.2) is 0 Å². The number of halogens is 1. The van der Waals surface area contributed by atoms with Crippen LogP contribution in [0, 0.1) is 5.92 Å². The lowest BCUT2D eigenvalue weighted by molar-refractivity contribution is 0.282. The zero-order chi connectivity index (χ0) is 12.8. The number of hydrogen-bond donors (Lipinski definition) is 1. The van der Waals surface area contributed by atoms with Crippen molar-refractivity contribution in [2.45, 2.75) is 33.8 Å². The first-order valence-electron chi connectivity index (χ1n) is 6.26. The van der Waals surface area contributed by atoms with Gasteiger partial charge in [0, 0.05) is 29.4 Å². The first-order chi connectivity index (χ1) is 8.12. The van der Waals surface area contributed by atoms with E-state index in [1.807, 2.05) is 18.2 Å². The van der Waals surface area contributed by atoms with Crippen molar-refractivity contribution in [3.63, 3.8) is 0 Å². The molecule has 2 nitrogen and oxygen atoms in total. The molecule has 0 aliphatic carbocycles. The normalized spacial score (nSPS) is 12.5. The molecule has 0 radical (unpaired) electrons. The Morgan fingerprint density at radius 3 is 2.59 bits per heavy atom. The van der Waals surface area contributed by atoms with E-state index in [1.165, 1.54) is 6.42 Å². The lowest BCUT2D eigenvalue weighted by atomic mass is 10.1. The topological polar surface area (TPSA) is 23.5 Å². The summed E-state index contributed by atoms with van der Waals surface area (Å²) in [6, 6.07) is 5.73. The summed E-state index contributed by atoms with van der Waals surface area (Å²) in [6.07, 6.45) is 1.17. The van der Waals surface area contributed by atoms with Crippen LogP contribution in [0.4, 0.5) is 5.69 Å². The van der Waals surface area contributed by atoms with Crippen molar-refractivity contribution >= 4 is 17.3 Å². The van der Waals surface area contributed by atoms with Crippen LogP contribution in [0.25, 0.3) is 0 Å². The van der Waals surface area contributed by atoms with Crippen LogP contribution < -0.4 is 4.90 Å². The summed E-state index contributed by atoms with van der Waals surface area (Å²) in [7, 11) is 0. The monoisotopic (exact) mass is 255 g/mol. The molecular formula is C14H22ClNO. The SMILES string of the molecule is CCC(C)CN(CC)c1ccc(Cl)cc1CO. The Balaban J connectivity index is 2.94. The maximum absolute atomic E-state index is 9.39. The standard InChI is InChI=1S/C14H22ClNO/c1-4-11(3)9-16(5-2)14-7-6-13(15)8-12(14)10-17/h6-8,11,17H,4-5,9-10H2,1-3H3. The lowest BCUT2D eigenvalue weighted by Gasteiger charge is -2.28. The van der Waals surface area contributed by atoms with E-state index in [9.17, 15) is 5.11 Å². The van der Waals surface area contributed by atoms with Crippen molar-refractivity contribution in [3.8, 4) is 0 Å². The molecule has 0 saturated carbocycles. The van der Waals surface area contributed by atoms with Gasteiger partial charge >= 0.3 is 0 Å². The molecule has 1 aromatic rings. The van der Waals surface area contributed by atoms with E-state index in [4.69, 9.17) is 11.6 Å². The second kappa shape index (κ2) is 6.87. The molecular weight excluding hydrogens is 234 g/mol. The number of aliphatic hydroxyl groups excluding tert-OH is 1. The van der Waals surface area contributed by atoms with Crippen molar-refractivity contribution in [1.29, 1.82) is 0 Å². The Bertz CT molecular complexity index is 354. The highest BCUT2D eigenvalue weighted by molar-refractivity contribution is 6.30. The summed E-state index contributed by atoms with van der Waals surface area (Å²) in [5, 5.41) is 10.1. The van der Waals surface area contributed by atoms with Gasteiger partial charge in [0.15, 0.2) is 0 Å². The van der Waals surface area contributed by atoms with Crippen molar-refractivity contribution < 1.29 is 5.11 Å². The van der Waals surface area contributed by atoms with E-state index in [0.717, 1.165) is 24.3 Å². The maximum atomic E-state index is 9.39. The molecule has 17 heavy (non-hydrogen) atoms. The van der Waals surface area contributed by atoms with Crippen molar-refractivity contribution in [2.75, 3.05) is 18.0 Å². The van der Waals surface area contributed by atoms with Crippen LogP contribution in [0.5, 0.6) is 0 Å². The van der Waals surface area contributed by atoms with Gasteiger partial charge in [0.1, 0.15) is 0 Å². The number of aliphatic hydroxyl groups is 1. The fourth-order valence-electron chi connectivity index (χ4n) is 1.89. The minimum atomic E-state index is 0.0346. The highest BCUT2D eigenvalue weighted by atomic mass is 35.5. The highest BCUT2D eigenvalue weighted by Crippen LogP contribution is 2.25. The minimum absolute atomic E-state index is 0.0346. The molecule has 0 aliphatic rings. The third-order valence-corrected chi connectivity index (χ3v) is 3.40.